The van der Waals surface area contributed by atoms with Gasteiger partial charge in [-0.2, -0.15) is 0 Å². The molecule has 0 aromatic heterocycles. The molecule has 0 saturated carbocycles. The first-order chi connectivity index (χ1) is 9.04. The Morgan fingerprint density at radius 3 is 2.37 bits per heavy atom. The van der Waals surface area contributed by atoms with Crippen LogP contribution in [0.15, 0.2) is 12.1 Å². The van der Waals surface area contributed by atoms with Gasteiger partial charge in [0.15, 0.2) is 0 Å². The minimum Gasteiger partial charge on any atom is -0.378 e. The zero-order valence-electron chi connectivity index (χ0n) is 12.9. The van der Waals surface area contributed by atoms with E-state index in [4.69, 9.17) is 4.74 Å². The summed E-state index contributed by atoms with van der Waals surface area (Å²) in [6.07, 6.45) is 1.51. The molecule has 1 aromatic rings. The van der Waals surface area contributed by atoms with E-state index in [1.54, 1.807) is 0 Å². The molecule has 3 unspecified atom stereocenters. The highest BCUT2D eigenvalue weighted by atomic mass is 16.5. The van der Waals surface area contributed by atoms with Crippen LogP contribution in [-0.2, 0) is 4.74 Å². The molecule has 2 rings (SSSR count). The fourth-order valence-electron chi connectivity index (χ4n) is 3.56. The highest BCUT2D eigenvalue weighted by Gasteiger charge is 2.33. The molecule has 1 aliphatic heterocycles. The lowest BCUT2D eigenvalue weighted by Crippen LogP contribution is -2.33. The standard InChI is InChI=1S/C17H27NO/c1-6-18-17(15-7-8-19-14(15)5)16-12(3)9-11(2)10-13(16)4/h9-10,14-15,17-18H,6-8H2,1-5H3. The second-order valence-corrected chi connectivity index (χ2v) is 5.88. The minimum absolute atomic E-state index is 0.351. The van der Waals surface area contributed by atoms with E-state index in [-0.39, 0.29) is 0 Å². The molecule has 1 heterocycles. The van der Waals surface area contributed by atoms with Crippen molar-refractivity contribution in [3.8, 4) is 0 Å². The second kappa shape index (κ2) is 6.06. The third-order valence-corrected chi connectivity index (χ3v) is 4.34. The zero-order chi connectivity index (χ0) is 14.0. The maximum atomic E-state index is 5.78. The Hall–Kier alpha value is -0.860. The number of rotatable bonds is 4. The van der Waals surface area contributed by atoms with Crippen LogP contribution in [-0.4, -0.2) is 19.3 Å². The molecule has 0 spiro atoms. The number of ether oxygens (including phenoxy) is 1. The Morgan fingerprint density at radius 1 is 1.26 bits per heavy atom. The number of hydrogen-bond acceptors (Lipinski definition) is 2. The van der Waals surface area contributed by atoms with Crippen LogP contribution in [0.4, 0.5) is 0 Å². The fraction of sp³-hybridized carbons (Fsp3) is 0.647. The van der Waals surface area contributed by atoms with Gasteiger partial charge in [-0.3, -0.25) is 0 Å². The molecule has 19 heavy (non-hydrogen) atoms. The molecule has 0 radical (unpaired) electrons. The number of benzene rings is 1. The Bertz CT molecular complexity index is 418. The average molecular weight is 261 g/mol. The van der Waals surface area contributed by atoms with Crippen molar-refractivity contribution in [3.05, 3.63) is 34.4 Å². The zero-order valence-corrected chi connectivity index (χ0v) is 12.9. The van der Waals surface area contributed by atoms with E-state index in [2.05, 4.69) is 52.1 Å². The molecule has 1 N–H and O–H groups in total. The molecular weight excluding hydrogens is 234 g/mol. The predicted octanol–water partition coefficient (Wildman–Crippen LogP) is 3.69. The van der Waals surface area contributed by atoms with Crippen LogP contribution >= 0.6 is 0 Å². The van der Waals surface area contributed by atoms with Gasteiger partial charge in [0, 0.05) is 18.6 Å². The third-order valence-electron chi connectivity index (χ3n) is 4.34. The van der Waals surface area contributed by atoms with E-state index >= 15 is 0 Å². The van der Waals surface area contributed by atoms with Crippen LogP contribution in [0, 0.1) is 26.7 Å². The van der Waals surface area contributed by atoms with Gasteiger partial charge in [0.05, 0.1) is 6.10 Å². The van der Waals surface area contributed by atoms with Crippen molar-refractivity contribution in [1.29, 1.82) is 0 Å². The van der Waals surface area contributed by atoms with Gasteiger partial charge in [-0.25, -0.2) is 0 Å². The van der Waals surface area contributed by atoms with Gasteiger partial charge in [-0.05, 0) is 57.4 Å². The van der Waals surface area contributed by atoms with E-state index in [1.807, 2.05) is 0 Å². The number of hydrogen-bond donors (Lipinski definition) is 1. The lowest BCUT2D eigenvalue weighted by atomic mass is 9.83. The molecule has 0 bridgehead atoms. The Morgan fingerprint density at radius 2 is 1.89 bits per heavy atom. The van der Waals surface area contributed by atoms with Crippen LogP contribution in [0.5, 0.6) is 0 Å². The summed E-state index contributed by atoms with van der Waals surface area (Å²) >= 11 is 0. The SMILES string of the molecule is CCNC(c1c(C)cc(C)cc1C)C1CCOC1C. The third kappa shape index (κ3) is 3.01. The largest absolute Gasteiger partial charge is 0.378 e. The molecule has 0 aliphatic carbocycles. The maximum Gasteiger partial charge on any atom is 0.0594 e. The predicted molar refractivity (Wildman–Crippen MR) is 80.6 cm³/mol. The second-order valence-electron chi connectivity index (χ2n) is 5.88. The maximum absolute atomic E-state index is 5.78. The summed E-state index contributed by atoms with van der Waals surface area (Å²) in [6, 6.07) is 5.02. The Labute approximate surface area is 117 Å². The van der Waals surface area contributed by atoms with Crippen molar-refractivity contribution in [1.82, 2.24) is 5.32 Å². The molecule has 0 amide bonds. The van der Waals surface area contributed by atoms with Crippen LogP contribution in [0.2, 0.25) is 0 Å². The van der Waals surface area contributed by atoms with Gasteiger partial charge >= 0.3 is 0 Å². The van der Waals surface area contributed by atoms with Crippen molar-refractivity contribution >= 4 is 0 Å². The fourth-order valence-corrected chi connectivity index (χ4v) is 3.56. The van der Waals surface area contributed by atoms with Crippen molar-refractivity contribution in [2.75, 3.05) is 13.2 Å². The first kappa shape index (κ1) is 14.5. The van der Waals surface area contributed by atoms with Gasteiger partial charge < -0.3 is 10.1 Å². The molecule has 3 atom stereocenters. The quantitative estimate of drug-likeness (QED) is 0.892. The van der Waals surface area contributed by atoms with E-state index in [0.29, 0.717) is 18.1 Å². The smallest absolute Gasteiger partial charge is 0.0594 e. The van der Waals surface area contributed by atoms with E-state index in [0.717, 1.165) is 19.6 Å². The van der Waals surface area contributed by atoms with Gasteiger partial charge in [0.2, 0.25) is 0 Å². The van der Waals surface area contributed by atoms with E-state index < -0.39 is 0 Å². The summed E-state index contributed by atoms with van der Waals surface area (Å²) in [5, 5.41) is 3.69. The van der Waals surface area contributed by atoms with Crippen molar-refractivity contribution in [2.24, 2.45) is 5.92 Å². The molecule has 2 heteroatoms. The Kier molecular flexibility index (Phi) is 4.64. The minimum atomic E-state index is 0.351. The monoisotopic (exact) mass is 261 g/mol. The summed E-state index contributed by atoms with van der Waals surface area (Å²) in [5.74, 6) is 0.583. The lowest BCUT2D eigenvalue weighted by Gasteiger charge is -2.30. The van der Waals surface area contributed by atoms with Crippen LogP contribution < -0.4 is 5.32 Å². The van der Waals surface area contributed by atoms with Crippen molar-refractivity contribution in [2.45, 2.75) is 53.2 Å². The molecule has 1 aliphatic rings. The summed E-state index contributed by atoms with van der Waals surface area (Å²) < 4.78 is 5.78. The molecule has 1 fully saturated rings. The topological polar surface area (TPSA) is 21.3 Å². The molecule has 1 saturated heterocycles. The normalized spacial score (nSPS) is 24.7. The average Bonchev–Trinajstić information content (AvgIpc) is 2.73. The van der Waals surface area contributed by atoms with E-state index in [9.17, 15) is 0 Å². The highest BCUT2D eigenvalue weighted by molar-refractivity contribution is 5.40. The Balaban J connectivity index is 2.38. The van der Waals surface area contributed by atoms with Gasteiger partial charge in [-0.1, -0.05) is 24.6 Å². The van der Waals surface area contributed by atoms with Crippen LogP contribution in [0.1, 0.15) is 48.6 Å². The lowest BCUT2D eigenvalue weighted by molar-refractivity contribution is 0.0954. The summed E-state index contributed by atoms with van der Waals surface area (Å²) in [4.78, 5) is 0. The van der Waals surface area contributed by atoms with Crippen LogP contribution in [0.3, 0.4) is 0 Å². The number of aryl methyl sites for hydroxylation is 3. The summed E-state index contributed by atoms with van der Waals surface area (Å²) in [5.41, 5.74) is 5.64. The van der Waals surface area contributed by atoms with Crippen molar-refractivity contribution in [3.63, 3.8) is 0 Å². The summed E-state index contributed by atoms with van der Waals surface area (Å²) in [7, 11) is 0. The molecule has 106 valence electrons. The highest BCUT2D eigenvalue weighted by Crippen LogP contribution is 2.36. The van der Waals surface area contributed by atoms with Gasteiger partial charge in [0.1, 0.15) is 0 Å². The molecular formula is C17H27NO. The number of nitrogens with one attached hydrogen (secondary N) is 1. The van der Waals surface area contributed by atoms with Gasteiger partial charge in [0.25, 0.3) is 0 Å². The van der Waals surface area contributed by atoms with Gasteiger partial charge in [-0.15, -0.1) is 0 Å². The summed E-state index contributed by atoms with van der Waals surface area (Å²) in [6.45, 7) is 12.9. The van der Waals surface area contributed by atoms with E-state index in [1.165, 1.54) is 22.3 Å². The first-order valence-corrected chi connectivity index (χ1v) is 7.47. The molecule has 2 nitrogen and oxygen atoms in total. The van der Waals surface area contributed by atoms with Crippen LogP contribution in [0.25, 0.3) is 0 Å². The van der Waals surface area contributed by atoms with Crippen molar-refractivity contribution < 1.29 is 4.74 Å². The molecule has 1 aromatic carbocycles. The first-order valence-electron chi connectivity index (χ1n) is 7.47.